The van der Waals surface area contributed by atoms with Crippen molar-refractivity contribution in [3.63, 3.8) is 0 Å². The minimum absolute atomic E-state index is 0.00520. The van der Waals surface area contributed by atoms with E-state index in [1.165, 1.54) is 0 Å². The lowest BCUT2D eigenvalue weighted by molar-refractivity contribution is -0.174. The van der Waals surface area contributed by atoms with Gasteiger partial charge in [-0.25, -0.2) is 0 Å². The Bertz CT molecular complexity index is 551. The molecule has 0 saturated carbocycles. The fraction of sp³-hybridized carbons (Fsp3) is 0.857. The molecule has 0 heterocycles. The van der Waals surface area contributed by atoms with Gasteiger partial charge in [0.15, 0.2) is 0 Å². The number of hydrogen-bond donors (Lipinski definition) is 1. The molecule has 1 atom stereocenters. The minimum Gasteiger partial charge on any atom is -0.466 e. The molecule has 0 bridgehead atoms. The van der Waals surface area contributed by atoms with Crippen molar-refractivity contribution in [3.05, 3.63) is 0 Å². The molecule has 6 heteroatoms. The smallest absolute Gasteiger partial charge is 0.312 e. The summed E-state index contributed by atoms with van der Waals surface area (Å²) in [4.78, 5) is 36.2. The van der Waals surface area contributed by atoms with Gasteiger partial charge in [0.1, 0.15) is 6.61 Å². The molecule has 0 aromatic rings. The van der Waals surface area contributed by atoms with Crippen LogP contribution in [0.4, 0.5) is 0 Å². The number of primary amides is 1. The van der Waals surface area contributed by atoms with Gasteiger partial charge in [-0.1, -0.05) is 34.6 Å². The van der Waals surface area contributed by atoms with Gasteiger partial charge in [-0.2, -0.15) is 0 Å². The summed E-state index contributed by atoms with van der Waals surface area (Å²) in [6.45, 7) is 17.9. The van der Waals surface area contributed by atoms with Crippen molar-refractivity contribution < 1.29 is 23.9 Å². The molecule has 0 aromatic carbocycles. The molecule has 0 aliphatic rings. The van der Waals surface area contributed by atoms with E-state index in [9.17, 15) is 14.4 Å². The second-order valence-electron chi connectivity index (χ2n) is 9.33. The van der Waals surface area contributed by atoms with Crippen LogP contribution in [0.25, 0.3) is 0 Å². The maximum Gasteiger partial charge on any atom is 0.312 e. The van der Waals surface area contributed by atoms with Crippen LogP contribution in [0.15, 0.2) is 0 Å². The van der Waals surface area contributed by atoms with E-state index in [-0.39, 0.29) is 30.4 Å². The number of amides is 1. The van der Waals surface area contributed by atoms with Gasteiger partial charge in [-0.15, -0.1) is 0 Å². The van der Waals surface area contributed by atoms with Crippen LogP contribution in [-0.2, 0) is 23.9 Å². The Hall–Kier alpha value is -1.59. The summed E-state index contributed by atoms with van der Waals surface area (Å²) in [6, 6.07) is 0. The lowest BCUT2D eigenvalue weighted by Gasteiger charge is -2.53. The summed E-state index contributed by atoms with van der Waals surface area (Å²) in [5.74, 6) is -1.09. The highest BCUT2D eigenvalue weighted by Crippen LogP contribution is 2.57. The van der Waals surface area contributed by atoms with Gasteiger partial charge in [0.05, 0.1) is 23.9 Å². The largest absolute Gasteiger partial charge is 0.466 e. The van der Waals surface area contributed by atoms with E-state index < -0.39 is 22.2 Å². The van der Waals surface area contributed by atoms with Crippen molar-refractivity contribution >= 4 is 17.8 Å². The van der Waals surface area contributed by atoms with Crippen LogP contribution in [0.5, 0.6) is 0 Å². The molecule has 1 unspecified atom stereocenters. The molecule has 0 aromatic heterocycles. The van der Waals surface area contributed by atoms with Crippen molar-refractivity contribution in [2.24, 2.45) is 27.4 Å². The molecule has 6 nitrogen and oxygen atoms in total. The lowest BCUT2D eigenvalue weighted by atomic mass is 9.50. The first kappa shape index (κ1) is 25.4. The van der Waals surface area contributed by atoms with Crippen LogP contribution < -0.4 is 5.73 Å². The van der Waals surface area contributed by atoms with E-state index in [2.05, 4.69) is 13.8 Å². The third-order valence-corrected chi connectivity index (χ3v) is 6.52. The standard InChI is InChI=1S/C21H39NO5/c1-10-21(9,17(25)27-13-12-15(22)23)20(7,8)19(5,6)14-18(3,4)16(24)26-11-2/h10-14H2,1-9H3,(H2,22,23). The average Bonchev–Trinajstić information content (AvgIpc) is 2.52. The van der Waals surface area contributed by atoms with E-state index in [0.29, 0.717) is 19.4 Å². The summed E-state index contributed by atoms with van der Waals surface area (Å²) < 4.78 is 10.6. The van der Waals surface area contributed by atoms with E-state index in [4.69, 9.17) is 15.2 Å². The van der Waals surface area contributed by atoms with Gasteiger partial charge in [-0.05, 0) is 51.4 Å². The van der Waals surface area contributed by atoms with Crippen LogP contribution in [-0.4, -0.2) is 31.1 Å². The molecular formula is C21H39NO5. The summed E-state index contributed by atoms with van der Waals surface area (Å²) in [5.41, 5.74) is 2.78. The summed E-state index contributed by atoms with van der Waals surface area (Å²) >= 11 is 0. The number of nitrogens with two attached hydrogens (primary N) is 1. The van der Waals surface area contributed by atoms with E-state index >= 15 is 0 Å². The second-order valence-corrected chi connectivity index (χ2v) is 9.33. The SMILES string of the molecule is CCOC(=O)C(C)(C)CC(C)(C)C(C)(C)C(C)(CC)C(=O)OCCC(N)=O. The quantitative estimate of drug-likeness (QED) is 0.545. The highest BCUT2D eigenvalue weighted by atomic mass is 16.5. The zero-order valence-electron chi connectivity index (χ0n) is 18.7. The zero-order chi connectivity index (χ0) is 21.7. The van der Waals surface area contributed by atoms with E-state index in [0.717, 1.165) is 0 Å². The number of carbonyl (C=O) groups is 3. The van der Waals surface area contributed by atoms with Crippen molar-refractivity contribution in [1.29, 1.82) is 0 Å². The number of carbonyl (C=O) groups excluding carboxylic acids is 3. The average molecular weight is 386 g/mol. The molecule has 2 N–H and O–H groups in total. The normalized spacial score (nSPS) is 15.0. The maximum absolute atomic E-state index is 12.9. The van der Waals surface area contributed by atoms with Gasteiger partial charge < -0.3 is 15.2 Å². The first-order valence-corrected chi connectivity index (χ1v) is 9.72. The number of rotatable bonds is 11. The van der Waals surface area contributed by atoms with Crippen LogP contribution in [0, 0.1) is 21.7 Å². The highest BCUT2D eigenvalue weighted by molar-refractivity contribution is 5.79. The molecule has 0 aliphatic heterocycles. The summed E-state index contributed by atoms with van der Waals surface area (Å²) in [5, 5.41) is 0. The van der Waals surface area contributed by atoms with Gasteiger partial charge in [0, 0.05) is 0 Å². The third-order valence-electron chi connectivity index (χ3n) is 6.52. The highest BCUT2D eigenvalue weighted by Gasteiger charge is 2.56. The molecule has 0 saturated heterocycles. The number of hydrogen-bond acceptors (Lipinski definition) is 5. The molecule has 0 aliphatic carbocycles. The first-order valence-electron chi connectivity index (χ1n) is 9.72. The van der Waals surface area contributed by atoms with E-state index in [1.54, 1.807) is 6.92 Å². The number of esters is 2. The maximum atomic E-state index is 12.9. The molecule has 1 amide bonds. The Balaban J connectivity index is 5.63. The number of ether oxygens (including phenoxy) is 2. The Kier molecular flexibility index (Phi) is 8.53. The van der Waals surface area contributed by atoms with Gasteiger partial charge >= 0.3 is 11.9 Å². The molecule has 0 fully saturated rings. The monoisotopic (exact) mass is 385 g/mol. The van der Waals surface area contributed by atoms with Crippen molar-refractivity contribution in [3.8, 4) is 0 Å². The second kappa shape index (κ2) is 9.07. The van der Waals surface area contributed by atoms with Crippen LogP contribution in [0.2, 0.25) is 0 Å². The Labute approximate surface area is 164 Å². The lowest BCUT2D eigenvalue weighted by Crippen LogP contribution is -2.52. The molecule has 27 heavy (non-hydrogen) atoms. The van der Waals surface area contributed by atoms with Crippen molar-refractivity contribution in [1.82, 2.24) is 0 Å². The molecule has 0 spiro atoms. The van der Waals surface area contributed by atoms with Gasteiger partial charge in [0.25, 0.3) is 0 Å². The van der Waals surface area contributed by atoms with E-state index in [1.807, 2.05) is 41.5 Å². The van der Waals surface area contributed by atoms with Crippen molar-refractivity contribution in [2.75, 3.05) is 13.2 Å². The fourth-order valence-electron chi connectivity index (χ4n) is 3.72. The van der Waals surface area contributed by atoms with Gasteiger partial charge in [-0.3, -0.25) is 14.4 Å². The fourth-order valence-corrected chi connectivity index (χ4v) is 3.72. The van der Waals surface area contributed by atoms with Crippen molar-refractivity contribution in [2.45, 2.75) is 81.6 Å². The van der Waals surface area contributed by atoms with Crippen LogP contribution in [0.3, 0.4) is 0 Å². The van der Waals surface area contributed by atoms with Crippen LogP contribution >= 0.6 is 0 Å². The first-order chi connectivity index (χ1) is 12.1. The molecule has 158 valence electrons. The predicted molar refractivity (Wildman–Crippen MR) is 106 cm³/mol. The third kappa shape index (κ3) is 5.69. The Morgan fingerprint density at radius 1 is 0.852 bits per heavy atom. The zero-order valence-corrected chi connectivity index (χ0v) is 18.7. The molecular weight excluding hydrogens is 346 g/mol. The molecule has 0 rings (SSSR count). The Morgan fingerprint density at radius 3 is 1.78 bits per heavy atom. The summed E-state index contributed by atoms with van der Waals surface area (Å²) in [7, 11) is 0. The topological polar surface area (TPSA) is 95.7 Å². The predicted octanol–water partition coefficient (Wildman–Crippen LogP) is 3.85. The minimum atomic E-state index is -0.793. The summed E-state index contributed by atoms with van der Waals surface area (Å²) in [6.07, 6.45) is 1.12. The Morgan fingerprint density at radius 2 is 1.37 bits per heavy atom. The van der Waals surface area contributed by atoms with Crippen LogP contribution in [0.1, 0.15) is 81.6 Å². The molecule has 0 radical (unpaired) electrons. The van der Waals surface area contributed by atoms with Gasteiger partial charge in [0.2, 0.25) is 5.91 Å².